The summed E-state index contributed by atoms with van der Waals surface area (Å²) in [4.78, 5) is 4.64. The maximum Gasteiger partial charge on any atom is 0.132 e. The van der Waals surface area contributed by atoms with Crippen LogP contribution in [0.5, 0.6) is 5.75 Å². The molecule has 0 aromatic heterocycles. The van der Waals surface area contributed by atoms with Crippen molar-refractivity contribution in [1.82, 2.24) is 0 Å². The van der Waals surface area contributed by atoms with Gasteiger partial charge in [0, 0.05) is 23.4 Å². The van der Waals surface area contributed by atoms with Gasteiger partial charge in [0.25, 0.3) is 0 Å². The molecule has 1 aliphatic rings. The molecule has 0 amide bonds. The second-order valence-corrected chi connectivity index (χ2v) is 6.12. The minimum absolute atomic E-state index is 0.0437. The first-order valence-electron chi connectivity index (χ1n) is 7.15. The number of ether oxygens (including phenoxy) is 1. The molecule has 1 aliphatic heterocycles. The zero-order valence-electron chi connectivity index (χ0n) is 12.7. The average Bonchev–Trinajstić information content (AvgIpc) is 2.71. The van der Waals surface area contributed by atoms with Gasteiger partial charge in [0.2, 0.25) is 0 Å². The number of anilines is 1. The third kappa shape index (κ3) is 3.01. The Morgan fingerprint density at radius 3 is 2.78 bits per heavy atom. The van der Waals surface area contributed by atoms with Crippen molar-refractivity contribution in [1.29, 1.82) is 0 Å². The minimum Gasteiger partial charge on any atom is -0.497 e. The molecule has 0 saturated heterocycles. The summed E-state index contributed by atoms with van der Waals surface area (Å²) in [5.74, 6) is 0.161. The lowest BCUT2D eigenvalue weighted by atomic mass is 9.99. The van der Waals surface area contributed by atoms with Crippen LogP contribution in [0.1, 0.15) is 18.1 Å². The molecule has 1 unspecified atom stereocenters. The van der Waals surface area contributed by atoms with Crippen molar-refractivity contribution in [3.05, 3.63) is 57.3 Å². The quantitative estimate of drug-likeness (QED) is 0.842. The van der Waals surface area contributed by atoms with Gasteiger partial charge < -0.3 is 10.1 Å². The fourth-order valence-electron chi connectivity index (χ4n) is 2.53. The Labute approximate surface area is 144 Å². The Hall–Kier alpha value is -1.78. The van der Waals surface area contributed by atoms with Crippen LogP contribution in [-0.4, -0.2) is 25.4 Å². The normalized spacial score (nSPS) is 16.9. The Morgan fingerprint density at radius 2 is 2.04 bits per heavy atom. The van der Waals surface area contributed by atoms with E-state index in [0.29, 0.717) is 39.2 Å². The molecule has 6 heteroatoms. The highest BCUT2D eigenvalue weighted by molar-refractivity contribution is 6.45. The molecule has 1 N–H and O–H groups in total. The van der Waals surface area contributed by atoms with E-state index in [2.05, 4.69) is 10.3 Å². The number of nitrogens with one attached hydrogen (secondary N) is 1. The molecule has 0 radical (unpaired) electrons. The smallest absolute Gasteiger partial charge is 0.132 e. The molecule has 0 spiro atoms. The van der Waals surface area contributed by atoms with E-state index < -0.39 is 0 Å². The molecule has 0 bridgehead atoms. The third-order valence-corrected chi connectivity index (χ3v) is 4.50. The van der Waals surface area contributed by atoms with Crippen molar-refractivity contribution in [3.63, 3.8) is 0 Å². The zero-order chi connectivity index (χ0) is 16.6. The average molecular weight is 353 g/mol. The van der Waals surface area contributed by atoms with E-state index in [1.165, 1.54) is 13.2 Å². The van der Waals surface area contributed by atoms with Gasteiger partial charge in [0.05, 0.1) is 28.9 Å². The first-order chi connectivity index (χ1) is 11.0. The van der Waals surface area contributed by atoms with Crippen LogP contribution in [0.4, 0.5) is 10.1 Å². The van der Waals surface area contributed by atoms with Crippen molar-refractivity contribution >= 4 is 34.6 Å². The lowest BCUT2D eigenvalue weighted by molar-refractivity contribution is 0.413. The van der Waals surface area contributed by atoms with Crippen LogP contribution in [0, 0.1) is 5.82 Å². The number of benzene rings is 2. The summed E-state index contributed by atoms with van der Waals surface area (Å²) in [5, 5.41) is 4.03. The van der Waals surface area contributed by atoms with E-state index >= 15 is 0 Å². The van der Waals surface area contributed by atoms with Crippen LogP contribution >= 0.6 is 23.2 Å². The summed E-state index contributed by atoms with van der Waals surface area (Å²) in [6.07, 6.45) is 0. The van der Waals surface area contributed by atoms with Crippen molar-refractivity contribution < 1.29 is 9.13 Å². The Bertz CT molecular complexity index is 792. The molecule has 3 nitrogen and oxygen atoms in total. The van der Waals surface area contributed by atoms with Gasteiger partial charge >= 0.3 is 0 Å². The molecule has 2 aromatic carbocycles. The van der Waals surface area contributed by atoms with Gasteiger partial charge in [-0.2, -0.15) is 0 Å². The number of hydrogen-bond acceptors (Lipinski definition) is 3. The van der Waals surface area contributed by atoms with Crippen molar-refractivity contribution in [2.24, 2.45) is 4.99 Å². The van der Waals surface area contributed by atoms with E-state index in [1.54, 1.807) is 18.2 Å². The van der Waals surface area contributed by atoms with E-state index in [0.717, 1.165) is 5.69 Å². The first kappa shape index (κ1) is 16.1. The molecule has 0 saturated carbocycles. The first-order valence-corrected chi connectivity index (χ1v) is 7.90. The SMILES string of the molecule is COc1ccc(F)c(C2=NC(C)CNc3ccc(Cl)c(Cl)c32)c1. The number of fused-ring (bicyclic) bond motifs is 1. The number of benzodiazepines with no additional fused rings is 1. The van der Waals surface area contributed by atoms with Crippen LogP contribution in [0.3, 0.4) is 0 Å². The van der Waals surface area contributed by atoms with Crippen molar-refractivity contribution in [3.8, 4) is 5.75 Å². The highest BCUT2D eigenvalue weighted by Gasteiger charge is 2.24. The fraction of sp³-hybridized carbons (Fsp3) is 0.235. The second-order valence-electron chi connectivity index (χ2n) is 5.34. The van der Waals surface area contributed by atoms with Gasteiger partial charge in [0.1, 0.15) is 11.6 Å². The molecule has 1 atom stereocenters. The predicted molar refractivity (Wildman–Crippen MR) is 93.0 cm³/mol. The van der Waals surface area contributed by atoms with Gasteiger partial charge in [0.15, 0.2) is 0 Å². The topological polar surface area (TPSA) is 33.6 Å². The molecular weight excluding hydrogens is 338 g/mol. The van der Waals surface area contributed by atoms with E-state index in [4.69, 9.17) is 27.9 Å². The lowest BCUT2D eigenvalue weighted by Gasteiger charge is -2.14. The van der Waals surface area contributed by atoms with Crippen molar-refractivity contribution in [2.75, 3.05) is 19.0 Å². The number of aliphatic imine (C=N–C) groups is 1. The molecule has 2 aromatic rings. The number of halogens is 3. The number of hydrogen-bond donors (Lipinski definition) is 1. The number of methoxy groups -OCH3 is 1. The Balaban J connectivity index is 2.28. The minimum atomic E-state index is -0.388. The summed E-state index contributed by atoms with van der Waals surface area (Å²) in [6.45, 7) is 2.58. The summed E-state index contributed by atoms with van der Waals surface area (Å²) in [6, 6.07) is 8.04. The molecular formula is C17H15Cl2FN2O. The molecule has 0 fully saturated rings. The summed E-state index contributed by atoms with van der Waals surface area (Å²) in [7, 11) is 1.54. The monoisotopic (exact) mass is 352 g/mol. The van der Waals surface area contributed by atoms with Gasteiger partial charge in [-0.05, 0) is 37.3 Å². The molecule has 23 heavy (non-hydrogen) atoms. The standard InChI is InChI=1S/C17H15Cl2FN2O/c1-9-8-21-14-6-4-12(18)16(19)15(14)17(22-9)11-7-10(23-2)3-5-13(11)20/h3-7,9,21H,8H2,1-2H3. The summed E-state index contributed by atoms with van der Waals surface area (Å²) >= 11 is 12.5. The van der Waals surface area contributed by atoms with Gasteiger partial charge in [-0.15, -0.1) is 0 Å². The van der Waals surface area contributed by atoms with Crippen LogP contribution in [0.2, 0.25) is 10.0 Å². The third-order valence-electron chi connectivity index (χ3n) is 3.70. The Kier molecular flexibility index (Phi) is 4.46. The van der Waals surface area contributed by atoms with Crippen LogP contribution in [-0.2, 0) is 0 Å². The molecule has 1 heterocycles. The predicted octanol–water partition coefficient (Wildman–Crippen LogP) is 4.79. The zero-order valence-corrected chi connectivity index (χ0v) is 14.2. The molecule has 120 valence electrons. The maximum atomic E-state index is 14.4. The lowest BCUT2D eigenvalue weighted by Crippen LogP contribution is -2.13. The fourth-order valence-corrected chi connectivity index (χ4v) is 2.95. The van der Waals surface area contributed by atoms with Crippen molar-refractivity contribution in [2.45, 2.75) is 13.0 Å². The van der Waals surface area contributed by atoms with Crippen LogP contribution in [0.15, 0.2) is 35.3 Å². The maximum absolute atomic E-state index is 14.4. The largest absolute Gasteiger partial charge is 0.497 e. The highest BCUT2D eigenvalue weighted by Crippen LogP contribution is 2.36. The number of rotatable bonds is 2. The van der Waals surface area contributed by atoms with Crippen LogP contribution < -0.4 is 10.1 Å². The van der Waals surface area contributed by atoms with Gasteiger partial charge in [-0.25, -0.2) is 4.39 Å². The highest BCUT2D eigenvalue weighted by atomic mass is 35.5. The summed E-state index contributed by atoms with van der Waals surface area (Å²) in [5.41, 5.74) is 2.20. The number of nitrogens with zero attached hydrogens (tertiary/aromatic N) is 1. The van der Waals surface area contributed by atoms with Gasteiger partial charge in [-0.1, -0.05) is 23.2 Å². The van der Waals surface area contributed by atoms with E-state index in [-0.39, 0.29) is 11.9 Å². The molecule has 3 rings (SSSR count). The van der Waals surface area contributed by atoms with Crippen LogP contribution in [0.25, 0.3) is 0 Å². The summed E-state index contributed by atoms with van der Waals surface area (Å²) < 4.78 is 19.6. The molecule has 0 aliphatic carbocycles. The van der Waals surface area contributed by atoms with E-state index in [9.17, 15) is 4.39 Å². The Morgan fingerprint density at radius 1 is 1.26 bits per heavy atom. The van der Waals surface area contributed by atoms with E-state index in [1.807, 2.05) is 13.0 Å². The van der Waals surface area contributed by atoms with Gasteiger partial charge in [-0.3, -0.25) is 4.99 Å². The second kappa shape index (κ2) is 6.38.